The molecule has 2 aromatic rings. The van der Waals surface area contributed by atoms with Crippen LogP contribution in [-0.2, 0) is 5.41 Å². The predicted octanol–water partition coefficient (Wildman–Crippen LogP) is 5.28. The van der Waals surface area contributed by atoms with Gasteiger partial charge in [0, 0.05) is 0 Å². The summed E-state index contributed by atoms with van der Waals surface area (Å²) in [5.41, 5.74) is 3.40. The van der Waals surface area contributed by atoms with E-state index in [0.717, 1.165) is 21.3 Å². The van der Waals surface area contributed by atoms with Crippen LogP contribution in [0.3, 0.4) is 0 Å². The summed E-state index contributed by atoms with van der Waals surface area (Å²) in [6, 6.07) is 10.3. The number of hydrogen-bond acceptors (Lipinski definition) is 2. The van der Waals surface area contributed by atoms with Gasteiger partial charge in [-0.05, 0) is 55.9 Å². The maximum absolute atomic E-state index is 10.3. The molecule has 2 rings (SSSR count). The second-order valence-corrected chi connectivity index (χ2v) is 7.74. The van der Waals surface area contributed by atoms with Crippen molar-refractivity contribution >= 4 is 27.3 Å². The SMILES string of the molecule is CCC(C)(C)c1ccc(C(O)c2csc(Br)c2)cc1. The largest absolute Gasteiger partial charge is 0.384 e. The zero-order valence-electron chi connectivity index (χ0n) is 11.5. The summed E-state index contributed by atoms with van der Waals surface area (Å²) in [5.74, 6) is 0. The van der Waals surface area contributed by atoms with Gasteiger partial charge in [-0.15, -0.1) is 11.3 Å². The molecule has 0 amide bonds. The minimum absolute atomic E-state index is 0.189. The molecule has 1 aromatic carbocycles. The van der Waals surface area contributed by atoms with Crippen molar-refractivity contribution in [1.29, 1.82) is 0 Å². The van der Waals surface area contributed by atoms with E-state index in [1.54, 1.807) is 11.3 Å². The minimum Gasteiger partial charge on any atom is -0.384 e. The van der Waals surface area contributed by atoms with Crippen LogP contribution < -0.4 is 0 Å². The van der Waals surface area contributed by atoms with E-state index in [9.17, 15) is 5.11 Å². The van der Waals surface area contributed by atoms with Gasteiger partial charge in [0.2, 0.25) is 0 Å². The minimum atomic E-state index is -0.540. The van der Waals surface area contributed by atoms with Crippen LogP contribution in [0.5, 0.6) is 0 Å². The van der Waals surface area contributed by atoms with Gasteiger partial charge in [-0.3, -0.25) is 0 Å². The highest BCUT2D eigenvalue weighted by Crippen LogP contribution is 2.31. The van der Waals surface area contributed by atoms with Crippen LogP contribution in [0, 0.1) is 0 Å². The molecule has 102 valence electrons. The summed E-state index contributed by atoms with van der Waals surface area (Å²) in [4.78, 5) is 0. The van der Waals surface area contributed by atoms with Gasteiger partial charge >= 0.3 is 0 Å². The van der Waals surface area contributed by atoms with Gasteiger partial charge in [-0.2, -0.15) is 0 Å². The molecule has 0 spiro atoms. The second kappa shape index (κ2) is 5.78. The van der Waals surface area contributed by atoms with E-state index in [0.29, 0.717) is 0 Å². The standard InChI is InChI=1S/C16H19BrOS/c1-4-16(2,3)13-7-5-11(6-8-13)15(18)12-9-14(17)19-10-12/h5-10,15,18H,4H2,1-3H3. The van der Waals surface area contributed by atoms with Crippen LogP contribution in [-0.4, -0.2) is 5.11 Å². The quantitative estimate of drug-likeness (QED) is 0.803. The van der Waals surface area contributed by atoms with Gasteiger partial charge in [0.15, 0.2) is 0 Å². The van der Waals surface area contributed by atoms with Gasteiger partial charge in [0.05, 0.1) is 3.79 Å². The third-order valence-corrected chi connectivity index (χ3v) is 5.32. The Hall–Kier alpha value is -0.640. The van der Waals surface area contributed by atoms with Gasteiger partial charge in [0.1, 0.15) is 6.10 Å². The molecule has 0 fully saturated rings. The topological polar surface area (TPSA) is 20.2 Å². The van der Waals surface area contributed by atoms with E-state index >= 15 is 0 Å². The van der Waals surface area contributed by atoms with Gasteiger partial charge in [-0.25, -0.2) is 0 Å². The average Bonchev–Trinajstić information content (AvgIpc) is 2.85. The lowest BCUT2D eigenvalue weighted by Crippen LogP contribution is -2.15. The number of benzene rings is 1. The molecular formula is C16H19BrOS. The van der Waals surface area contributed by atoms with Crippen molar-refractivity contribution in [2.45, 2.75) is 38.7 Å². The first-order valence-corrected chi connectivity index (χ1v) is 8.14. The Morgan fingerprint density at radius 3 is 2.32 bits per heavy atom. The second-order valence-electron chi connectivity index (χ2n) is 5.45. The van der Waals surface area contributed by atoms with Crippen molar-refractivity contribution in [2.75, 3.05) is 0 Å². The molecule has 0 saturated heterocycles. The average molecular weight is 339 g/mol. The fourth-order valence-electron chi connectivity index (χ4n) is 1.98. The fraction of sp³-hybridized carbons (Fsp3) is 0.375. The first-order valence-electron chi connectivity index (χ1n) is 6.46. The van der Waals surface area contributed by atoms with Crippen molar-refractivity contribution in [3.8, 4) is 0 Å². The maximum atomic E-state index is 10.3. The summed E-state index contributed by atoms with van der Waals surface area (Å²) in [7, 11) is 0. The number of hydrogen-bond donors (Lipinski definition) is 1. The number of halogens is 1. The van der Waals surface area contributed by atoms with Crippen LogP contribution in [0.1, 0.15) is 50.0 Å². The summed E-state index contributed by atoms with van der Waals surface area (Å²) in [5, 5.41) is 12.3. The lowest BCUT2D eigenvalue weighted by Gasteiger charge is -2.23. The molecule has 19 heavy (non-hydrogen) atoms. The molecule has 0 aliphatic rings. The Morgan fingerprint density at radius 1 is 1.21 bits per heavy atom. The van der Waals surface area contributed by atoms with Gasteiger partial charge in [0.25, 0.3) is 0 Å². The molecule has 3 heteroatoms. The lowest BCUT2D eigenvalue weighted by molar-refractivity contribution is 0.220. The molecule has 0 radical (unpaired) electrons. The van der Waals surface area contributed by atoms with Crippen molar-refractivity contribution in [3.63, 3.8) is 0 Å². The summed E-state index contributed by atoms with van der Waals surface area (Å²) < 4.78 is 1.05. The molecular weight excluding hydrogens is 320 g/mol. The van der Waals surface area contributed by atoms with Crippen LogP contribution in [0.2, 0.25) is 0 Å². The molecule has 1 atom stereocenters. The highest BCUT2D eigenvalue weighted by Gasteiger charge is 2.19. The number of aliphatic hydroxyl groups excluding tert-OH is 1. The lowest BCUT2D eigenvalue weighted by atomic mass is 9.82. The van der Waals surface area contributed by atoms with Crippen LogP contribution in [0.4, 0.5) is 0 Å². The Bertz CT molecular complexity index is 542. The number of rotatable bonds is 4. The molecule has 0 aliphatic carbocycles. The molecule has 1 aromatic heterocycles. The molecule has 1 N–H and O–H groups in total. The Morgan fingerprint density at radius 2 is 1.84 bits per heavy atom. The predicted molar refractivity (Wildman–Crippen MR) is 85.8 cm³/mol. The summed E-state index contributed by atoms with van der Waals surface area (Å²) >= 11 is 5.02. The molecule has 1 heterocycles. The number of thiophene rings is 1. The van der Waals surface area contributed by atoms with Crippen LogP contribution in [0.15, 0.2) is 39.5 Å². The maximum Gasteiger partial charge on any atom is 0.105 e. The van der Waals surface area contributed by atoms with Crippen molar-refractivity contribution in [2.24, 2.45) is 0 Å². The third-order valence-electron chi connectivity index (χ3n) is 3.80. The van der Waals surface area contributed by atoms with Gasteiger partial charge < -0.3 is 5.11 Å². The fourth-order valence-corrected chi connectivity index (χ4v) is 3.17. The van der Waals surface area contributed by atoms with E-state index in [-0.39, 0.29) is 5.41 Å². The number of aliphatic hydroxyl groups is 1. The summed E-state index contributed by atoms with van der Waals surface area (Å²) in [6.45, 7) is 6.69. The van der Waals surface area contributed by atoms with Gasteiger partial charge in [-0.1, -0.05) is 45.0 Å². The Kier molecular flexibility index (Phi) is 4.49. The van der Waals surface area contributed by atoms with Crippen molar-refractivity contribution < 1.29 is 5.11 Å². The van der Waals surface area contributed by atoms with E-state index in [1.807, 2.05) is 23.6 Å². The molecule has 0 saturated carbocycles. The third kappa shape index (κ3) is 3.28. The van der Waals surface area contributed by atoms with E-state index < -0.39 is 6.10 Å². The highest BCUT2D eigenvalue weighted by molar-refractivity contribution is 9.11. The first kappa shape index (κ1) is 14.8. The van der Waals surface area contributed by atoms with E-state index in [2.05, 4.69) is 48.8 Å². The van der Waals surface area contributed by atoms with Crippen molar-refractivity contribution in [1.82, 2.24) is 0 Å². The Labute approximate surface area is 127 Å². The smallest absolute Gasteiger partial charge is 0.105 e. The molecule has 1 unspecified atom stereocenters. The molecule has 0 aliphatic heterocycles. The van der Waals surface area contributed by atoms with E-state index in [4.69, 9.17) is 0 Å². The van der Waals surface area contributed by atoms with Crippen LogP contribution >= 0.6 is 27.3 Å². The zero-order chi connectivity index (χ0) is 14.0. The van der Waals surface area contributed by atoms with Crippen LogP contribution in [0.25, 0.3) is 0 Å². The highest BCUT2D eigenvalue weighted by atomic mass is 79.9. The monoisotopic (exact) mass is 338 g/mol. The van der Waals surface area contributed by atoms with E-state index in [1.165, 1.54) is 5.56 Å². The normalized spacial score (nSPS) is 13.5. The first-order chi connectivity index (χ1) is 8.94. The summed E-state index contributed by atoms with van der Waals surface area (Å²) in [6.07, 6.45) is 0.563. The Balaban J connectivity index is 2.23. The molecule has 0 bridgehead atoms. The van der Waals surface area contributed by atoms with Crippen molar-refractivity contribution in [3.05, 3.63) is 56.2 Å². The zero-order valence-corrected chi connectivity index (χ0v) is 13.9. The molecule has 1 nitrogen and oxygen atoms in total.